The largest absolute Gasteiger partial charge is 0.296 e. The minimum absolute atomic E-state index is 0.688. The van der Waals surface area contributed by atoms with E-state index in [0.717, 1.165) is 22.6 Å². The zero-order valence-electron chi connectivity index (χ0n) is 6.87. The molecular weight excluding hydrogens is 172 g/mol. The van der Waals surface area contributed by atoms with Gasteiger partial charge < -0.3 is 0 Å². The minimum atomic E-state index is 0.688. The maximum absolute atomic E-state index is 10.6. The summed E-state index contributed by atoms with van der Waals surface area (Å²) in [5.41, 5.74) is 2.73. The predicted molar refractivity (Wildman–Crippen MR) is 47.9 cm³/mol. The van der Waals surface area contributed by atoms with E-state index in [2.05, 4.69) is 4.98 Å². The number of hydrogen-bond acceptors (Lipinski definition) is 3. The molecule has 0 amide bonds. The molecule has 0 bridgehead atoms. The van der Waals surface area contributed by atoms with E-state index in [0.29, 0.717) is 5.69 Å². The molecule has 0 fully saturated rings. The van der Waals surface area contributed by atoms with Crippen LogP contribution in [0.3, 0.4) is 0 Å². The monoisotopic (exact) mass is 180 g/mol. The summed E-state index contributed by atoms with van der Waals surface area (Å²) in [5.74, 6) is 0. The molecule has 0 aliphatic carbocycles. The summed E-state index contributed by atoms with van der Waals surface area (Å²) in [6.45, 7) is 3.92. The highest BCUT2D eigenvalue weighted by Gasteiger charge is 2.08. The molecule has 2 heterocycles. The number of carbonyl (C=O) groups excluding carboxylic acids is 1. The molecule has 0 radical (unpaired) electrons. The van der Waals surface area contributed by atoms with Gasteiger partial charge in [0, 0.05) is 11.1 Å². The van der Waals surface area contributed by atoms with Crippen molar-refractivity contribution in [3.8, 4) is 0 Å². The van der Waals surface area contributed by atoms with Gasteiger partial charge in [-0.3, -0.25) is 9.20 Å². The summed E-state index contributed by atoms with van der Waals surface area (Å²) >= 11 is 1.49. The standard InChI is InChI=1S/C8H8N2OS/c1-5-6(2)10-7(3-11)4-12-8(10)9-5/h3-4H,1-2H3. The second-order valence-electron chi connectivity index (χ2n) is 2.68. The van der Waals surface area contributed by atoms with Crippen LogP contribution in [0, 0.1) is 13.8 Å². The molecule has 12 heavy (non-hydrogen) atoms. The van der Waals surface area contributed by atoms with Gasteiger partial charge in [-0.15, -0.1) is 11.3 Å². The Morgan fingerprint density at radius 3 is 3.00 bits per heavy atom. The molecule has 0 aliphatic rings. The number of aldehydes is 1. The molecule has 62 valence electrons. The number of fused-ring (bicyclic) bond motifs is 1. The van der Waals surface area contributed by atoms with Gasteiger partial charge in [0.15, 0.2) is 11.2 Å². The van der Waals surface area contributed by atoms with Crippen molar-refractivity contribution in [3.05, 3.63) is 22.5 Å². The molecule has 2 aromatic rings. The molecule has 2 aromatic heterocycles. The molecular formula is C8H8N2OS. The van der Waals surface area contributed by atoms with Crippen molar-refractivity contribution in [1.82, 2.24) is 9.38 Å². The van der Waals surface area contributed by atoms with Crippen molar-refractivity contribution in [1.29, 1.82) is 0 Å². The quantitative estimate of drug-likeness (QED) is 0.627. The number of aryl methyl sites for hydroxylation is 2. The maximum atomic E-state index is 10.6. The van der Waals surface area contributed by atoms with Crippen LogP contribution in [0.15, 0.2) is 5.38 Å². The van der Waals surface area contributed by atoms with E-state index in [1.807, 2.05) is 23.6 Å². The Bertz CT molecular complexity index is 441. The Morgan fingerprint density at radius 2 is 2.33 bits per heavy atom. The fourth-order valence-corrected chi connectivity index (χ4v) is 2.13. The summed E-state index contributed by atoms with van der Waals surface area (Å²) in [6.07, 6.45) is 0.859. The van der Waals surface area contributed by atoms with E-state index in [1.165, 1.54) is 11.3 Å². The lowest BCUT2D eigenvalue weighted by atomic mass is 10.4. The molecule has 2 rings (SSSR count). The van der Waals surface area contributed by atoms with Crippen molar-refractivity contribution < 1.29 is 4.79 Å². The van der Waals surface area contributed by atoms with Crippen LogP contribution in [0.1, 0.15) is 21.9 Å². The van der Waals surface area contributed by atoms with Gasteiger partial charge in [-0.05, 0) is 13.8 Å². The fraction of sp³-hybridized carbons (Fsp3) is 0.250. The molecule has 0 atom stereocenters. The molecule has 4 heteroatoms. The van der Waals surface area contributed by atoms with Crippen LogP contribution in [0.25, 0.3) is 4.96 Å². The van der Waals surface area contributed by atoms with Crippen LogP contribution in [-0.4, -0.2) is 15.7 Å². The SMILES string of the molecule is Cc1nc2scc(C=O)n2c1C. The van der Waals surface area contributed by atoms with Crippen molar-refractivity contribution >= 4 is 22.6 Å². The van der Waals surface area contributed by atoms with Gasteiger partial charge in [0.25, 0.3) is 0 Å². The summed E-state index contributed by atoms with van der Waals surface area (Å²) in [4.78, 5) is 15.8. The number of aromatic nitrogens is 2. The van der Waals surface area contributed by atoms with E-state index < -0.39 is 0 Å². The van der Waals surface area contributed by atoms with Crippen molar-refractivity contribution in [3.63, 3.8) is 0 Å². The molecule has 3 nitrogen and oxygen atoms in total. The first kappa shape index (κ1) is 7.49. The molecule has 0 spiro atoms. The normalized spacial score (nSPS) is 10.8. The van der Waals surface area contributed by atoms with E-state index in [9.17, 15) is 4.79 Å². The maximum Gasteiger partial charge on any atom is 0.194 e. The Hall–Kier alpha value is -1.16. The third-order valence-electron chi connectivity index (χ3n) is 1.98. The van der Waals surface area contributed by atoms with Gasteiger partial charge in [-0.2, -0.15) is 0 Å². The van der Waals surface area contributed by atoms with Gasteiger partial charge in [0.1, 0.15) is 0 Å². The van der Waals surface area contributed by atoms with Gasteiger partial charge in [-0.1, -0.05) is 0 Å². The summed E-state index contributed by atoms with van der Waals surface area (Å²) < 4.78 is 1.88. The van der Waals surface area contributed by atoms with E-state index >= 15 is 0 Å². The van der Waals surface area contributed by atoms with Crippen LogP contribution >= 0.6 is 11.3 Å². The topological polar surface area (TPSA) is 34.4 Å². The zero-order valence-corrected chi connectivity index (χ0v) is 7.68. The number of imidazole rings is 1. The van der Waals surface area contributed by atoms with Gasteiger partial charge >= 0.3 is 0 Å². The summed E-state index contributed by atoms with van der Waals surface area (Å²) in [6, 6.07) is 0. The average molecular weight is 180 g/mol. The lowest BCUT2D eigenvalue weighted by molar-refractivity contribution is 0.111. The first-order valence-corrected chi connectivity index (χ1v) is 4.50. The number of rotatable bonds is 1. The number of thiazole rings is 1. The second kappa shape index (κ2) is 2.42. The van der Waals surface area contributed by atoms with Crippen molar-refractivity contribution in [2.45, 2.75) is 13.8 Å². The summed E-state index contributed by atoms with van der Waals surface area (Å²) in [5, 5.41) is 1.82. The van der Waals surface area contributed by atoms with Gasteiger partial charge in [0.05, 0.1) is 11.4 Å². The molecule has 0 aromatic carbocycles. The second-order valence-corrected chi connectivity index (χ2v) is 3.52. The molecule has 0 aliphatic heterocycles. The van der Waals surface area contributed by atoms with Crippen LogP contribution in [0.5, 0.6) is 0 Å². The lowest BCUT2D eigenvalue weighted by Crippen LogP contribution is -1.90. The number of carbonyl (C=O) groups is 1. The van der Waals surface area contributed by atoms with E-state index in [4.69, 9.17) is 0 Å². The molecule has 0 saturated heterocycles. The van der Waals surface area contributed by atoms with Crippen LogP contribution in [0.2, 0.25) is 0 Å². The summed E-state index contributed by atoms with van der Waals surface area (Å²) in [7, 11) is 0. The van der Waals surface area contributed by atoms with Crippen molar-refractivity contribution in [2.75, 3.05) is 0 Å². The Balaban J connectivity index is 2.90. The van der Waals surface area contributed by atoms with Crippen molar-refractivity contribution in [2.24, 2.45) is 0 Å². The van der Waals surface area contributed by atoms with Crippen LogP contribution in [-0.2, 0) is 0 Å². The Labute approximate surface area is 73.7 Å². The number of hydrogen-bond donors (Lipinski definition) is 0. The molecule has 0 unspecified atom stereocenters. The first-order valence-electron chi connectivity index (χ1n) is 3.62. The van der Waals surface area contributed by atoms with Gasteiger partial charge in [-0.25, -0.2) is 4.98 Å². The highest BCUT2D eigenvalue weighted by Crippen LogP contribution is 2.18. The highest BCUT2D eigenvalue weighted by atomic mass is 32.1. The molecule has 0 saturated carbocycles. The zero-order chi connectivity index (χ0) is 8.72. The predicted octanol–water partition coefficient (Wildman–Crippen LogP) is 1.83. The smallest absolute Gasteiger partial charge is 0.194 e. The van der Waals surface area contributed by atoms with E-state index in [-0.39, 0.29) is 0 Å². The lowest BCUT2D eigenvalue weighted by Gasteiger charge is -1.91. The van der Waals surface area contributed by atoms with Crippen LogP contribution in [0.4, 0.5) is 0 Å². The fourth-order valence-electron chi connectivity index (χ4n) is 1.21. The average Bonchev–Trinajstić information content (AvgIpc) is 2.55. The number of nitrogens with zero attached hydrogens (tertiary/aromatic N) is 2. The third-order valence-corrected chi connectivity index (χ3v) is 2.82. The highest BCUT2D eigenvalue weighted by molar-refractivity contribution is 7.15. The third kappa shape index (κ3) is 0.814. The van der Waals surface area contributed by atoms with Gasteiger partial charge in [0.2, 0.25) is 0 Å². The molecule has 0 N–H and O–H groups in total. The Kier molecular flexibility index (Phi) is 1.51. The van der Waals surface area contributed by atoms with Crippen LogP contribution < -0.4 is 0 Å². The minimum Gasteiger partial charge on any atom is -0.296 e. The first-order chi connectivity index (χ1) is 5.74. The van der Waals surface area contributed by atoms with E-state index in [1.54, 1.807) is 0 Å². The Morgan fingerprint density at radius 1 is 1.58 bits per heavy atom.